The van der Waals surface area contributed by atoms with Gasteiger partial charge in [0.05, 0.1) is 0 Å². The first-order chi connectivity index (χ1) is 7.88. The molecule has 83 valence electrons. The van der Waals surface area contributed by atoms with E-state index in [-0.39, 0.29) is 32.7 Å². The predicted molar refractivity (Wildman–Crippen MR) is 64.3 cm³/mol. The van der Waals surface area contributed by atoms with Crippen LogP contribution in [0.4, 0.5) is 0 Å². The van der Waals surface area contributed by atoms with E-state index in [1.807, 2.05) is 30.4 Å². The van der Waals surface area contributed by atoms with Crippen LogP contribution in [0.15, 0.2) is 59.3 Å². The van der Waals surface area contributed by atoms with Crippen molar-refractivity contribution in [2.75, 3.05) is 0 Å². The molecule has 1 radical (unpaired) electrons. The van der Waals surface area contributed by atoms with Gasteiger partial charge in [-0.05, 0) is 12.8 Å². The summed E-state index contributed by atoms with van der Waals surface area (Å²) in [4.78, 5) is 10.8. The Kier molecular flexibility index (Phi) is 6.32. The Bertz CT molecular complexity index is 459. The second kappa shape index (κ2) is 7.52. The predicted octanol–water partition coefficient (Wildman–Crippen LogP) is 3.04. The smallest absolute Gasteiger partial charge is 0.0119 e. The molecule has 0 saturated carbocycles. The van der Waals surface area contributed by atoms with Gasteiger partial charge in [0.2, 0.25) is 0 Å². The molecule has 0 bridgehead atoms. The Morgan fingerprint density at radius 2 is 1.76 bits per heavy atom. The first kappa shape index (κ1) is 14.3. The minimum atomic E-state index is 0. The molecule has 0 aromatic heterocycles. The number of rotatable bonds is 4. The van der Waals surface area contributed by atoms with Crippen LogP contribution in [0.5, 0.6) is 0 Å². The summed E-state index contributed by atoms with van der Waals surface area (Å²) >= 11 is 0. The molecule has 2 rings (SSSR count). The first-order valence-corrected chi connectivity index (χ1v) is 5.29. The average Bonchev–Trinajstić information content (AvgIpc) is 2.97. The molecular weight excluding hydrogens is 285 g/mol. The van der Waals surface area contributed by atoms with Crippen molar-refractivity contribution in [3.8, 4) is 0 Å². The Morgan fingerprint density at radius 1 is 1.12 bits per heavy atom. The summed E-state index contributed by atoms with van der Waals surface area (Å²) in [5, 5.41) is 0. The van der Waals surface area contributed by atoms with Crippen molar-refractivity contribution in [3.63, 3.8) is 0 Å². The molecule has 1 nitrogen and oxygen atoms in total. The van der Waals surface area contributed by atoms with E-state index >= 15 is 0 Å². The second-order valence-electron chi connectivity index (χ2n) is 3.64. The molecule has 0 atom stereocenters. The fourth-order valence-electron chi connectivity index (χ4n) is 1.55. The monoisotopic (exact) mass is 297 g/mol. The van der Waals surface area contributed by atoms with Gasteiger partial charge in [0, 0.05) is 39.0 Å². The molecule has 0 amide bonds. The van der Waals surface area contributed by atoms with Gasteiger partial charge in [-0.25, -0.2) is 23.8 Å². The molecule has 0 heterocycles. The average molecular weight is 297 g/mol. The van der Waals surface area contributed by atoms with E-state index in [1.54, 1.807) is 6.08 Å². The number of allylic oxidation sites excluding steroid dienone is 12. The number of aldehydes is 1. The maximum Gasteiger partial charge on any atom is 0.0119 e. The van der Waals surface area contributed by atoms with E-state index in [9.17, 15) is 4.79 Å². The quantitative estimate of drug-likeness (QED) is 0.337. The third-order valence-electron chi connectivity index (χ3n) is 2.39. The molecule has 2 aliphatic rings. The van der Waals surface area contributed by atoms with E-state index in [0.29, 0.717) is 5.57 Å². The Balaban J connectivity index is 0.00000144. The largest absolute Gasteiger partial charge is 0.370 e. The zero-order valence-corrected chi connectivity index (χ0v) is 12.4. The SMILES string of the molecule is O=CC(=[C-]C1=CC=CC1)C=[C-]C1=CC=CC1.[Y]. The van der Waals surface area contributed by atoms with Crippen LogP contribution in [0.2, 0.25) is 0 Å². The topological polar surface area (TPSA) is 17.1 Å². The minimum Gasteiger partial charge on any atom is -0.370 e. The fraction of sp³-hybridized carbons (Fsp3) is 0.133. The summed E-state index contributed by atoms with van der Waals surface area (Å²) in [7, 11) is 0. The summed E-state index contributed by atoms with van der Waals surface area (Å²) in [6.07, 6.45) is 22.5. The van der Waals surface area contributed by atoms with Gasteiger partial charge in [0.15, 0.2) is 0 Å². The number of hydrogen-bond donors (Lipinski definition) is 0. The first-order valence-electron chi connectivity index (χ1n) is 5.29. The van der Waals surface area contributed by atoms with Gasteiger partial charge in [0.1, 0.15) is 0 Å². The third kappa shape index (κ3) is 4.53. The van der Waals surface area contributed by atoms with Crippen molar-refractivity contribution >= 4 is 6.29 Å². The Morgan fingerprint density at radius 3 is 2.29 bits per heavy atom. The zero-order valence-electron chi connectivity index (χ0n) is 9.52. The molecule has 17 heavy (non-hydrogen) atoms. The molecule has 0 N–H and O–H groups in total. The fourth-order valence-corrected chi connectivity index (χ4v) is 1.55. The van der Waals surface area contributed by atoms with Crippen LogP contribution in [-0.2, 0) is 37.5 Å². The summed E-state index contributed by atoms with van der Waals surface area (Å²) < 4.78 is 0. The van der Waals surface area contributed by atoms with E-state index in [2.05, 4.69) is 18.2 Å². The molecule has 0 fully saturated rings. The summed E-state index contributed by atoms with van der Waals surface area (Å²) in [6.45, 7) is 0. The van der Waals surface area contributed by atoms with E-state index in [0.717, 1.165) is 30.3 Å². The van der Waals surface area contributed by atoms with Crippen molar-refractivity contribution < 1.29 is 37.5 Å². The van der Waals surface area contributed by atoms with Crippen LogP contribution >= 0.6 is 0 Å². The van der Waals surface area contributed by atoms with E-state index < -0.39 is 0 Å². The van der Waals surface area contributed by atoms with Crippen molar-refractivity contribution in [1.29, 1.82) is 0 Å². The Hall–Kier alpha value is -0.786. The number of carbonyl (C=O) groups is 1. The summed E-state index contributed by atoms with van der Waals surface area (Å²) in [5.41, 5.74) is 2.68. The van der Waals surface area contributed by atoms with Gasteiger partial charge in [-0.2, -0.15) is 11.6 Å². The number of hydrogen-bond acceptors (Lipinski definition) is 1. The molecule has 2 aliphatic carbocycles. The molecule has 0 saturated heterocycles. The van der Waals surface area contributed by atoms with Gasteiger partial charge in [0.25, 0.3) is 0 Å². The van der Waals surface area contributed by atoms with Crippen LogP contribution in [-0.4, -0.2) is 6.29 Å². The van der Waals surface area contributed by atoms with Crippen molar-refractivity contribution in [2.45, 2.75) is 12.8 Å². The van der Waals surface area contributed by atoms with Gasteiger partial charge < -0.3 is 4.79 Å². The standard InChI is InChI=1S/C15H12O.Y/c16-12-15(11-14-7-3-4-8-14)10-9-13-5-1-2-6-13;/h1-5,7,10,12H,6,8H2;/q-2;. The van der Waals surface area contributed by atoms with Crippen LogP contribution in [0.3, 0.4) is 0 Å². The normalized spacial score (nSPS) is 18.2. The Labute approximate surface area is 127 Å². The molecule has 0 aliphatic heterocycles. The van der Waals surface area contributed by atoms with Crippen LogP contribution < -0.4 is 0 Å². The molecule has 0 unspecified atom stereocenters. The van der Waals surface area contributed by atoms with Crippen molar-refractivity contribution in [2.24, 2.45) is 0 Å². The zero-order chi connectivity index (χ0) is 11.2. The maximum atomic E-state index is 10.8. The molecule has 0 aromatic carbocycles. The van der Waals surface area contributed by atoms with Crippen molar-refractivity contribution in [1.82, 2.24) is 0 Å². The van der Waals surface area contributed by atoms with Gasteiger partial charge in [-0.1, -0.05) is 12.2 Å². The molecule has 2 heteroatoms. The second-order valence-corrected chi connectivity index (χ2v) is 3.64. The van der Waals surface area contributed by atoms with Gasteiger partial charge >= 0.3 is 0 Å². The van der Waals surface area contributed by atoms with Crippen LogP contribution in [0.25, 0.3) is 0 Å². The molecule has 0 aromatic rings. The number of carbonyl (C=O) groups excluding carboxylic acids is 1. The van der Waals surface area contributed by atoms with Crippen LogP contribution in [0, 0.1) is 12.2 Å². The summed E-state index contributed by atoms with van der Waals surface area (Å²) in [5.74, 6) is 0. The summed E-state index contributed by atoms with van der Waals surface area (Å²) in [6, 6.07) is 0. The van der Waals surface area contributed by atoms with Gasteiger partial charge in [-0.15, -0.1) is 23.8 Å². The minimum absolute atomic E-state index is 0. The van der Waals surface area contributed by atoms with Crippen molar-refractivity contribution in [3.05, 3.63) is 71.4 Å². The molecule has 0 spiro atoms. The van der Waals surface area contributed by atoms with E-state index in [4.69, 9.17) is 0 Å². The van der Waals surface area contributed by atoms with Crippen LogP contribution in [0.1, 0.15) is 12.8 Å². The van der Waals surface area contributed by atoms with E-state index in [1.165, 1.54) is 0 Å². The maximum absolute atomic E-state index is 10.8. The molecular formula is C15H12OY-2. The third-order valence-corrected chi connectivity index (χ3v) is 2.39. The van der Waals surface area contributed by atoms with Gasteiger partial charge in [-0.3, -0.25) is 0 Å².